The summed E-state index contributed by atoms with van der Waals surface area (Å²) in [6.07, 6.45) is -3.24. The highest BCUT2D eigenvalue weighted by atomic mass is 35.5. The Bertz CT molecular complexity index is 2160. The summed E-state index contributed by atoms with van der Waals surface area (Å²) in [6.45, 7) is 1.91. The Morgan fingerprint density at radius 3 is 2.72 bits per heavy atom. The fraction of sp³-hybridized carbons (Fsp3) is 0.214. The lowest BCUT2D eigenvalue weighted by Gasteiger charge is -2.17. The average Bonchev–Trinajstić information content (AvgIpc) is 3.30. The Morgan fingerprint density at radius 2 is 1.93 bits per heavy atom. The summed E-state index contributed by atoms with van der Waals surface area (Å²) >= 11 is 6.24. The number of hydrogen-bond donors (Lipinski definition) is 2. The Morgan fingerprint density at radius 1 is 1.09 bits per heavy atom. The Balaban J connectivity index is 1.20. The number of H-pyrrole nitrogens is 2. The van der Waals surface area contributed by atoms with Gasteiger partial charge in [0.15, 0.2) is 5.69 Å². The molecule has 43 heavy (non-hydrogen) atoms. The first-order valence-electron chi connectivity index (χ1n) is 13.2. The van der Waals surface area contributed by atoms with Crippen molar-refractivity contribution in [2.24, 2.45) is 5.92 Å². The maximum atomic E-state index is 15.4. The smallest absolute Gasteiger partial charge is 0.338 e. The van der Waals surface area contributed by atoms with Crippen LogP contribution >= 0.6 is 11.6 Å². The number of aromatic amines is 2. The van der Waals surface area contributed by atoms with Gasteiger partial charge in [-0.25, -0.2) is 14.6 Å². The number of hydrogen-bond acceptors (Lipinski definition) is 6. The second kappa shape index (κ2) is 8.83. The van der Waals surface area contributed by atoms with E-state index in [9.17, 15) is 18.0 Å². The SMILES string of the molecule is Cc1[nH]nc2cc(-c3nc(F)c(C4C5CC5c5nc(-c6cc(Cl)ccc6-n6cc(C(F)(F)F)nn6)cc(=O)n54)[nH]3)ccc12. The molecule has 1 aliphatic carbocycles. The maximum absolute atomic E-state index is 15.4. The summed E-state index contributed by atoms with van der Waals surface area (Å²) in [6, 6.07) is 10.6. The van der Waals surface area contributed by atoms with Crippen molar-refractivity contribution in [2.45, 2.75) is 31.5 Å². The van der Waals surface area contributed by atoms with E-state index >= 15 is 4.39 Å². The predicted octanol–water partition coefficient (Wildman–Crippen LogP) is 5.58. The molecule has 5 heterocycles. The molecule has 216 valence electrons. The molecule has 15 heteroatoms. The van der Waals surface area contributed by atoms with E-state index in [1.807, 2.05) is 19.1 Å². The van der Waals surface area contributed by atoms with Gasteiger partial charge < -0.3 is 4.98 Å². The molecule has 6 aromatic rings. The van der Waals surface area contributed by atoms with Gasteiger partial charge in [-0.05, 0) is 43.5 Å². The minimum atomic E-state index is -4.68. The topological polar surface area (TPSA) is 123 Å². The zero-order chi connectivity index (χ0) is 29.8. The lowest BCUT2D eigenvalue weighted by Crippen LogP contribution is -2.27. The number of aryl methyl sites for hydroxylation is 1. The van der Waals surface area contributed by atoms with Crippen molar-refractivity contribution in [3.8, 4) is 28.3 Å². The van der Waals surface area contributed by atoms with E-state index in [-0.39, 0.29) is 33.9 Å². The molecule has 1 aliphatic heterocycles. The highest BCUT2D eigenvalue weighted by Crippen LogP contribution is 2.60. The van der Waals surface area contributed by atoms with Gasteiger partial charge in [-0.1, -0.05) is 28.9 Å². The fourth-order valence-electron chi connectivity index (χ4n) is 6.00. The number of fused-ring (bicyclic) bond motifs is 4. The van der Waals surface area contributed by atoms with E-state index in [1.165, 1.54) is 28.8 Å². The zero-order valence-corrected chi connectivity index (χ0v) is 22.7. The number of nitrogens with zero attached hydrogens (tertiary/aromatic N) is 7. The van der Waals surface area contributed by atoms with E-state index in [0.29, 0.717) is 29.2 Å². The van der Waals surface area contributed by atoms with E-state index in [4.69, 9.17) is 16.6 Å². The molecular weight excluding hydrogens is 590 g/mol. The van der Waals surface area contributed by atoms with E-state index in [2.05, 4.69) is 30.5 Å². The van der Waals surface area contributed by atoms with Gasteiger partial charge in [-0.15, -0.1) is 5.10 Å². The number of aromatic nitrogens is 9. The van der Waals surface area contributed by atoms with Crippen LogP contribution in [0.15, 0.2) is 53.5 Å². The van der Waals surface area contributed by atoms with Crippen molar-refractivity contribution in [1.82, 2.24) is 44.7 Å². The first kappa shape index (κ1) is 25.8. The van der Waals surface area contributed by atoms with Crippen molar-refractivity contribution in [3.63, 3.8) is 0 Å². The Kier molecular flexibility index (Phi) is 5.30. The average molecular weight is 608 g/mol. The normalized spacial score (nSPS) is 19.2. The highest BCUT2D eigenvalue weighted by Gasteiger charge is 2.56. The lowest BCUT2D eigenvalue weighted by molar-refractivity contribution is -0.141. The second-order valence-electron chi connectivity index (χ2n) is 10.7. The molecule has 0 bridgehead atoms. The molecule has 0 saturated heterocycles. The number of halogens is 5. The van der Waals surface area contributed by atoms with Gasteiger partial charge in [0, 0.05) is 39.2 Å². The molecule has 0 amide bonds. The monoisotopic (exact) mass is 607 g/mol. The minimum absolute atomic E-state index is 0.0711. The van der Waals surface area contributed by atoms with Crippen LogP contribution in [-0.2, 0) is 6.18 Å². The van der Waals surface area contributed by atoms with Gasteiger partial charge in [0.1, 0.15) is 11.6 Å². The summed E-state index contributed by atoms with van der Waals surface area (Å²) in [5, 5.41) is 15.3. The summed E-state index contributed by atoms with van der Waals surface area (Å²) in [7, 11) is 0. The van der Waals surface area contributed by atoms with Gasteiger partial charge in [0.2, 0.25) is 5.95 Å². The first-order chi connectivity index (χ1) is 20.6. The van der Waals surface area contributed by atoms with Crippen LogP contribution in [0.1, 0.15) is 41.3 Å². The van der Waals surface area contributed by atoms with Crippen LogP contribution in [0, 0.1) is 18.8 Å². The zero-order valence-electron chi connectivity index (χ0n) is 22.0. The number of imidazole rings is 1. The molecule has 1 fully saturated rings. The number of benzene rings is 2. The van der Waals surface area contributed by atoms with Crippen molar-refractivity contribution >= 4 is 22.5 Å². The number of rotatable bonds is 4. The van der Waals surface area contributed by atoms with E-state index < -0.39 is 29.4 Å². The fourth-order valence-corrected chi connectivity index (χ4v) is 6.17. The molecule has 1 saturated carbocycles. The number of nitrogens with one attached hydrogen (secondary N) is 2. The lowest BCUT2D eigenvalue weighted by atomic mass is 10.1. The van der Waals surface area contributed by atoms with Crippen LogP contribution in [0.2, 0.25) is 5.02 Å². The van der Waals surface area contributed by atoms with Crippen molar-refractivity contribution in [3.05, 3.63) is 92.9 Å². The molecular formula is C28H18ClF4N9O. The van der Waals surface area contributed by atoms with Crippen LogP contribution in [0.25, 0.3) is 39.2 Å². The summed E-state index contributed by atoms with van der Waals surface area (Å²) in [5.74, 6) is -0.109. The van der Waals surface area contributed by atoms with Crippen LogP contribution in [0.5, 0.6) is 0 Å². The molecule has 2 aliphatic rings. The van der Waals surface area contributed by atoms with Gasteiger partial charge in [-0.2, -0.15) is 22.7 Å². The van der Waals surface area contributed by atoms with Gasteiger partial charge >= 0.3 is 6.18 Å². The Hall–Kier alpha value is -4.85. The molecule has 4 aromatic heterocycles. The van der Waals surface area contributed by atoms with Crippen molar-refractivity contribution < 1.29 is 17.6 Å². The van der Waals surface area contributed by atoms with Crippen LogP contribution < -0.4 is 5.56 Å². The molecule has 0 radical (unpaired) electrons. The standard InChI is InChI=1S/C28H18ClF4N9O/c1-11-14-4-2-12(6-19(14)38-37-11)26-35-23(25(30)36-26)24-15-8-16(15)27-34-18(9-22(43)42(24)27)17-7-13(29)3-5-20(17)41-10-21(39-40-41)28(31,32)33/h2-7,9-10,15-16,24H,8H2,1H3,(H,35,36)(H,37,38). The molecule has 2 N–H and O–H groups in total. The third-order valence-corrected chi connectivity index (χ3v) is 8.34. The predicted molar refractivity (Wildman–Crippen MR) is 146 cm³/mol. The molecule has 3 atom stereocenters. The molecule has 2 aromatic carbocycles. The summed E-state index contributed by atoms with van der Waals surface area (Å²) < 4.78 is 57.4. The molecule has 3 unspecified atom stereocenters. The molecule has 8 rings (SSSR count). The van der Waals surface area contributed by atoms with Gasteiger partial charge in [0.25, 0.3) is 5.56 Å². The van der Waals surface area contributed by atoms with Crippen LogP contribution in [0.4, 0.5) is 17.6 Å². The highest BCUT2D eigenvalue weighted by molar-refractivity contribution is 6.31. The number of alkyl halides is 3. The third kappa shape index (κ3) is 4.00. The summed E-state index contributed by atoms with van der Waals surface area (Å²) in [4.78, 5) is 25.6. The Labute approximate surface area is 243 Å². The molecule has 0 spiro atoms. The quantitative estimate of drug-likeness (QED) is 0.252. The largest absolute Gasteiger partial charge is 0.436 e. The van der Waals surface area contributed by atoms with Gasteiger partial charge in [-0.3, -0.25) is 14.5 Å². The summed E-state index contributed by atoms with van der Waals surface area (Å²) in [5.41, 5.74) is 1.56. The van der Waals surface area contributed by atoms with Crippen molar-refractivity contribution in [1.29, 1.82) is 0 Å². The van der Waals surface area contributed by atoms with Gasteiger partial charge in [0.05, 0.1) is 34.8 Å². The van der Waals surface area contributed by atoms with Crippen LogP contribution in [0.3, 0.4) is 0 Å². The van der Waals surface area contributed by atoms with Crippen molar-refractivity contribution in [2.75, 3.05) is 0 Å². The third-order valence-electron chi connectivity index (χ3n) is 8.10. The maximum Gasteiger partial charge on any atom is 0.436 e. The first-order valence-corrected chi connectivity index (χ1v) is 13.6. The van der Waals surface area contributed by atoms with E-state index in [1.54, 1.807) is 6.07 Å². The van der Waals surface area contributed by atoms with Crippen LogP contribution in [-0.4, -0.2) is 44.7 Å². The molecule has 10 nitrogen and oxygen atoms in total. The second-order valence-corrected chi connectivity index (χ2v) is 11.2. The van der Waals surface area contributed by atoms with E-state index in [0.717, 1.165) is 27.5 Å². The minimum Gasteiger partial charge on any atom is -0.338 e.